The van der Waals surface area contributed by atoms with Gasteiger partial charge >= 0.3 is 0 Å². The summed E-state index contributed by atoms with van der Waals surface area (Å²) in [7, 11) is 12.1. The topological polar surface area (TPSA) is 33.2 Å². The number of amides is 1. The van der Waals surface area contributed by atoms with Gasteiger partial charge in [0, 0.05) is 28.1 Å². The minimum atomic E-state index is -1.55. The molecule has 7 heteroatoms. The highest BCUT2D eigenvalue weighted by atomic mass is 79.9. The summed E-state index contributed by atoms with van der Waals surface area (Å²) in [6, 6.07) is 7.85. The summed E-state index contributed by atoms with van der Waals surface area (Å²) in [6.07, 6.45) is 1.52. The van der Waals surface area contributed by atoms with Crippen molar-refractivity contribution in [2.75, 3.05) is 0 Å². The molecule has 0 unspecified atom stereocenters. The van der Waals surface area contributed by atoms with Gasteiger partial charge in [-0.15, -0.1) is 0 Å². The van der Waals surface area contributed by atoms with Crippen LogP contribution in [0.4, 0.5) is 4.39 Å². The Hall–Kier alpha value is -1.62. The second-order valence-electron chi connectivity index (χ2n) is 4.85. The lowest BCUT2D eigenvalue weighted by Crippen LogP contribution is -2.44. The molecule has 21 heavy (non-hydrogen) atoms. The maximum absolute atomic E-state index is 13.9. The van der Waals surface area contributed by atoms with Crippen LogP contribution in [0.2, 0.25) is 0 Å². The Labute approximate surface area is 132 Å². The predicted molar refractivity (Wildman–Crippen MR) is 81.4 cm³/mol. The van der Waals surface area contributed by atoms with Crippen LogP contribution < -0.4 is 0 Å². The first-order valence-electron chi connectivity index (χ1n) is 6.20. The Balaban J connectivity index is 1.99. The number of fused-ring (bicyclic) bond motifs is 1. The molecule has 2 heterocycles. The first-order valence-corrected chi connectivity index (χ1v) is 6.99. The van der Waals surface area contributed by atoms with Crippen LogP contribution in [0.5, 0.6) is 0 Å². The molecule has 1 aromatic carbocycles. The number of rotatable bonds is 2. The monoisotopic (exact) mass is 340 g/mol. The van der Waals surface area contributed by atoms with E-state index in [4.69, 9.17) is 15.7 Å². The molecule has 0 fully saturated rings. The Bertz CT molecular complexity index is 739. The highest BCUT2D eigenvalue weighted by Crippen LogP contribution is 2.34. The Morgan fingerprint density at radius 3 is 2.76 bits per heavy atom. The predicted octanol–water partition coefficient (Wildman–Crippen LogP) is 2.09. The molecule has 3 rings (SSSR count). The number of pyridine rings is 1. The van der Waals surface area contributed by atoms with E-state index in [1.807, 2.05) is 0 Å². The average Bonchev–Trinajstić information content (AvgIpc) is 2.63. The van der Waals surface area contributed by atoms with Crippen molar-refractivity contribution in [3.8, 4) is 0 Å². The zero-order chi connectivity index (χ0) is 15.2. The molecular weight excluding hydrogens is 333 g/mol. The molecule has 100 valence electrons. The Morgan fingerprint density at radius 1 is 1.33 bits per heavy atom. The quantitative estimate of drug-likeness (QED) is 0.784. The van der Waals surface area contributed by atoms with Crippen LogP contribution in [-0.4, -0.2) is 31.5 Å². The summed E-state index contributed by atoms with van der Waals surface area (Å²) >= 11 is 3.19. The molecular formula is C14H8B2BrFN2O. The Kier molecular flexibility index (Phi) is 3.40. The summed E-state index contributed by atoms with van der Waals surface area (Å²) in [5, 5.41) is -1.55. The lowest BCUT2D eigenvalue weighted by atomic mass is 9.59. The van der Waals surface area contributed by atoms with E-state index in [0.29, 0.717) is 21.3 Å². The van der Waals surface area contributed by atoms with Gasteiger partial charge in [0.25, 0.3) is 5.91 Å². The largest absolute Gasteiger partial charge is 0.340 e. The minimum absolute atomic E-state index is 0.0265. The van der Waals surface area contributed by atoms with Gasteiger partial charge in [-0.05, 0) is 24.3 Å². The maximum atomic E-state index is 13.9. The van der Waals surface area contributed by atoms with Gasteiger partial charge in [-0.1, -0.05) is 22.0 Å². The number of nitrogens with zero attached hydrogens (tertiary/aromatic N) is 2. The summed E-state index contributed by atoms with van der Waals surface area (Å²) in [5.41, 5.74) is 0.979. The normalized spacial score (nSPS) is 16.1. The summed E-state index contributed by atoms with van der Waals surface area (Å²) < 4.78 is 14.6. The maximum Gasteiger partial charge on any atom is 0.255 e. The number of benzene rings is 1. The third kappa shape index (κ3) is 2.29. The first-order chi connectivity index (χ1) is 9.91. The van der Waals surface area contributed by atoms with Crippen LogP contribution in [0, 0.1) is 5.82 Å². The first kappa shape index (κ1) is 14.3. The third-order valence-corrected chi connectivity index (χ3v) is 3.95. The van der Waals surface area contributed by atoms with E-state index in [-0.39, 0.29) is 12.5 Å². The van der Waals surface area contributed by atoms with E-state index in [9.17, 15) is 9.18 Å². The second-order valence-corrected chi connectivity index (χ2v) is 5.77. The van der Waals surface area contributed by atoms with Gasteiger partial charge in [0.1, 0.15) is 5.82 Å². The molecule has 0 aliphatic carbocycles. The van der Waals surface area contributed by atoms with Crippen molar-refractivity contribution in [2.45, 2.75) is 11.9 Å². The van der Waals surface area contributed by atoms with Crippen molar-refractivity contribution in [3.05, 3.63) is 63.6 Å². The van der Waals surface area contributed by atoms with E-state index >= 15 is 0 Å². The summed E-state index contributed by atoms with van der Waals surface area (Å²) in [4.78, 5) is 17.7. The van der Waals surface area contributed by atoms with Gasteiger partial charge in [-0.2, -0.15) is 0 Å². The van der Waals surface area contributed by atoms with Gasteiger partial charge in [0.2, 0.25) is 0 Å². The van der Waals surface area contributed by atoms with E-state index < -0.39 is 11.2 Å². The van der Waals surface area contributed by atoms with Gasteiger partial charge in [0.15, 0.2) is 0 Å². The van der Waals surface area contributed by atoms with Crippen LogP contribution in [0.15, 0.2) is 41.0 Å². The Morgan fingerprint density at radius 2 is 2.10 bits per heavy atom. The highest BCUT2D eigenvalue weighted by Gasteiger charge is 2.42. The summed E-state index contributed by atoms with van der Waals surface area (Å²) in [5.74, 6) is -0.790. The number of carbonyl (C=O) groups is 1. The number of halogens is 2. The number of hydrogen-bond donors (Lipinski definition) is 0. The average molecular weight is 341 g/mol. The molecule has 0 N–H and O–H groups in total. The van der Waals surface area contributed by atoms with Crippen molar-refractivity contribution in [3.63, 3.8) is 0 Å². The molecule has 1 aliphatic heterocycles. The fourth-order valence-corrected chi connectivity index (χ4v) is 2.69. The number of aromatic nitrogens is 1. The van der Waals surface area contributed by atoms with E-state index in [1.54, 1.807) is 24.3 Å². The third-order valence-electron chi connectivity index (χ3n) is 3.45. The van der Waals surface area contributed by atoms with Crippen LogP contribution >= 0.6 is 15.9 Å². The van der Waals surface area contributed by atoms with E-state index in [1.165, 1.54) is 17.2 Å². The van der Waals surface area contributed by atoms with Gasteiger partial charge in [-0.25, -0.2) is 4.39 Å². The van der Waals surface area contributed by atoms with Crippen molar-refractivity contribution in [1.29, 1.82) is 0 Å². The van der Waals surface area contributed by atoms with Crippen LogP contribution in [0.1, 0.15) is 21.6 Å². The zero-order valence-corrected chi connectivity index (χ0v) is 12.5. The molecule has 1 aliphatic rings. The molecule has 0 bridgehead atoms. The zero-order valence-electron chi connectivity index (χ0n) is 10.9. The fraction of sp³-hybridized carbons (Fsp3) is 0.143. The lowest BCUT2D eigenvalue weighted by molar-refractivity contribution is 0.0729. The number of carbonyl (C=O) groups excluding carboxylic acids is 1. The van der Waals surface area contributed by atoms with Crippen molar-refractivity contribution in [1.82, 2.24) is 9.88 Å². The second kappa shape index (κ2) is 4.98. The molecule has 2 aromatic rings. The number of hydrogen-bond acceptors (Lipinski definition) is 2. The minimum Gasteiger partial charge on any atom is -0.340 e. The molecule has 0 saturated heterocycles. The fourth-order valence-electron chi connectivity index (χ4n) is 2.36. The molecule has 4 radical (unpaired) electrons. The van der Waals surface area contributed by atoms with Crippen LogP contribution in [0.3, 0.4) is 0 Å². The smallest absolute Gasteiger partial charge is 0.255 e. The standard InChI is InChI=1S/C14H8B2BrFN2O/c15-14(16)12-10(2-1-5-19-12)13(21)20(14)7-8-3-4-9(17)6-11(8)18/h1-6H,7H2. The molecule has 0 spiro atoms. The summed E-state index contributed by atoms with van der Waals surface area (Å²) in [6.45, 7) is -0.0265. The van der Waals surface area contributed by atoms with Crippen LogP contribution in [0.25, 0.3) is 0 Å². The van der Waals surface area contributed by atoms with Gasteiger partial charge in [-0.3, -0.25) is 9.78 Å². The van der Waals surface area contributed by atoms with E-state index in [0.717, 1.165) is 0 Å². The molecule has 0 saturated carbocycles. The molecule has 0 atom stereocenters. The highest BCUT2D eigenvalue weighted by molar-refractivity contribution is 9.10. The van der Waals surface area contributed by atoms with Crippen molar-refractivity contribution in [2.24, 2.45) is 0 Å². The van der Waals surface area contributed by atoms with E-state index in [2.05, 4.69) is 20.9 Å². The molecule has 3 nitrogen and oxygen atoms in total. The van der Waals surface area contributed by atoms with Gasteiger partial charge < -0.3 is 4.90 Å². The van der Waals surface area contributed by atoms with Gasteiger partial charge in [0.05, 0.1) is 26.9 Å². The van der Waals surface area contributed by atoms with Crippen LogP contribution in [-0.2, 0) is 11.9 Å². The van der Waals surface area contributed by atoms with Crippen molar-refractivity contribution < 1.29 is 9.18 Å². The van der Waals surface area contributed by atoms with Crippen molar-refractivity contribution >= 4 is 37.5 Å². The molecule has 1 amide bonds. The molecule has 1 aromatic heterocycles. The lowest BCUT2D eigenvalue weighted by Gasteiger charge is -2.33. The SMILES string of the molecule is [B]C1([B])c2ncccc2C(=O)N1Cc1ccc(Br)cc1F.